The molecule has 0 radical (unpaired) electrons. The number of fused-ring (bicyclic) bond motifs is 2. The third kappa shape index (κ3) is 5.30. The van der Waals surface area contributed by atoms with Crippen LogP contribution in [0.2, 0.25) is 0 Å². The molecule has 6 aliphatic carbocycles. The number of allylic oxidation sites excluding steroid dienone is 3. The maximum atomic E-state index is 10.8. The van der Waals surface area contributed by atoms with Crippen LogP contribution in [0.15, 0.2) is 35.5 Å². The van der Waals surface area contributed by atoms with E-state index in [9.17, 15) is 9.59 Å². The van der Waals surface area contributed by atoms with Crippen molar-refractivity contribution in [3.63, 3.8) is 0 Å². The average molecular weight is 525 g/mol. The van der Waals surface area contributed by atoms with Gasteiger partial charge in [0.1, 0.15) is 13.2 Å². The van der Waals surface area contributed by atoms with E-state index in [1.54, 1.807) is 0 Å². The van der Waals surface area contributed by atoms with Gasteiger partial charge in [-0.05, 0) is 129 Å². The molecular formula is C34H52O4. The van der Waals surface area contributed by atoms with Crippen LogP contribution in [0.4, 0.5) is 0 Å². The van der Waals surface area contributed by atoms with E-state index in [0.717, 1.165) is 48.0 Å². The van der Waals surface area contributed by atoms with Crippen LogP contribution in [0.5, 0.6) is 0 Å². The summed E-state index contributed by atoms with van der Waals surface area (Å²) in [4.78, 5) is 21.5. The summed E-state index contributed by atoms with van der Waals surface area (Å²) in [5.41, 5.74) is 5.40. The number of esters is 2. The molecule has 0 aromatic rings. The Morgan fingerprint density at radius 1 is 0.816 bits per heavy atom. The minimum absolute atomic E-state index is 0.190. The van der Waals surface area contributed by atoms with Gasteiger partial charge < -0.3 is 9.47 Å². The summed E-state index contributed by atoms with van der Waals surface area (Å²) in [7, 11) is 0. The van der Waals surface area contributed by atoms with Crippen LogP contribution < -0.4 is 0 Å². The third-order valence-corrected chi connectivity index (χ3v) is 12.0. The zero-order valence-electron chi connectivity index (χ0n) is 25.2. The minimum Gasteiger partial charge on any atom is -0.461 e. The van der Waals surface area contributed by atoms with E-state index < -0.39 is 0 Å². The summed E-state index contributed by atoms with van der Waals surface area (Å²) in [6.45, 7) is 19.7. The summed E-state index contributed by atoms with van der Waals surface area (Å²) < 4.78 is 10.0. The van der Waals surface area contributed by atoms with E-state index in [2.05, 4.69) is 46.4 Å². The van der Waals surface area contributed by atoms with Crippen molar-refractivity contribution in [2.45, 2.75) is 106 Å². The lowest BCUT2D eigenvalue weighted by Gasteiger charge is -2.36. The molecule has 38 heavy (non-hydrogen) atoms. The van der Waals surface area contributed by atoms with E-state index in [-0.39, 0.29) is 11.9 Å². The number of carbonyl (C=O) groups is 2. The van der Waals surface area contributed by atoms with Crippen LogP contribution in [0.25, 0.3) is 0 Å². The number of hydrogen-bond donors (Lipinski definition) is 0. The van der Waals surface area contributed by atoms with Crippen molar-refractivity contribution in [1.29, 1.82) is 0 Å². The predicted octanol–water partition coefficient (Wildman–Crippen LogP) is 8.23. The van der Waals surface area contributed by atoms with Gasteiger partial charge in [0.15, 0.2) is 0 Å². The first-order valence-electron chi connectivity index (χ1n) is 15.1. The van der Waals surface area contributed by atoms with Crippen LogP contribution in [0.1, 0.15) is 106 Å². The number of ether oxygens (including phenoxy) is 2. The molecule has 0 aliphatic heterocycles. The standard InChI is InChI=1S/2C17H26O2/c1-11(10-19-12(2)18)6-5-7-16(3)13-8-14-15(9-13)17(14,16)4;1-12(11-19-14(3)18)6-5-9-17(4)13(2)15-7-8-16(17)10-15/h6,13-15H,5,7-10H2,1-4H3;6,15-16H,2,5,7-11H2,1,3-4H3/b11-6-;12-6-. The molecule has 6 atom stereocenters. The SMILES string of the molecule is C=C1C2CCC(C2)C1(C)CC/C=C(/C)COC(C)=O.CC(=O)OC/C(C)=C\CCC1(C)C2CC3C(C2)C31C. The molecule has 212 valence electrons. The van der Waals surface area contributed by atoms with Gasteiger partial charge in [0.05, 0.1) is 0 Å². The molecule has 0 aromatic carbocycles. The molecule has 0 N–H and O–H groups in total. The molecule has 6 aliphatic rings. The fraction of sp³-hybridized carbons (Fsp3) is 0.765. The first-order valence-corrected chi connectivity index (χ1v) is 15.1. The fourth-order valence-corrected chi connectivity index (χ4v) is 9.26. The maximum Gasteiger partial charge on any atom is 0.302 e. The van der Waals surface area contributed by atoms with Crippen LogP contribution in [-0.4, -0.2) is 25.2 Å². The van der Waals surface area contributed by atoms with Crippen molar-refractivity contribution in [1.82, 2.24) is 0 Å². The lowest BCUT2D eigenvalue weighted by atomic mass is 9.69. The van der Waals surface area contributed by atoms with Crippen molar-refractivity contribution in [2.75, 3.05) is 13.2 Å². The quantitative estimate of drug-likeness (QED) is 0.213. The topological polar surface area (TPSA) is 52.6 Å². The smallest absolute Gasteiger partial charge is 0.302 e. The van der Waals surface area contributed by atoms with E-state index in [0.29, 0.717) is 29.5 Å². The summed E-state index contributed by atoms with van der Waals surface area (Å²) >= 11 is 0. The van der Waals surface area contributed by atoms with Gasteiger partial charge in [-0.2, -0.15) is 0 Å². The number of hydrogen-bond acceptors (Lipinski definition) is 4. The summed E-state index contributed by atoms with van der Waals surface area (Å²) in [5.74, 6) is 4.33. The minimum atomic E-state index is -0.207. The Bertz CT molecular complexity index is 992. The first kappa shape index (κ1) is 29.2. The van der Waals surface area contributed by atoms with Crippen molar-refractivity contribution in [3.8, 4) is 0 Å². The van der Waals surface area contributed by atoms with E-state index >= 15 is 0 Å². The maximum absolute atomic E-state index is 10.8. The molecule has 0 amide bonds. The van der Waals surface area contributed by atoms with Crippen molar-refractivity contribution in [2.24, 2.45) is 45.8 Å². The molecule has 4 nitrogen and oxygen atoms in total. The Morgan fingerprint density at radius 3 is 1.76 bits per heavy atom. The number of rotatable bonds is 10. The van der Waals surface area contributed by atoms with Crippen LogP contribution in [-0.2, 0) is 19.1 Å². The summed E-state index contributed by atoms with van der Waals surface area (Å²) in [6.07, 6.45) is 16.3. The highest BCUT2D eigenvalue weighted by molar-refractivity contribution is 5.66. The second kappa shape index (κ2) is 11.0. The molecule has 6 bridgehead atoms. The van der Waals surface area contributed by atoms with Gasteiger partial charge in [-0.3, -0.25) is 9.59 Å². The van der Waals surface area contributed by atoms with E-state index in [1.165, 1.54) is 69.9 Å². The molecule has 0 spiro atoms. The van der Waals surface area contributed by atoms with Gasteiger partial charge in [-0.15, -0.1) is 0 Å². The second-order valence-electron chi connectivity index (χ2n) is 14.0. The van der Waals surface area contributed by atoms with Crippen molar-refractivity contribution < 1.29 is 19.1 Å². The highest BCUT2D eigenvalue weighted by Crippen LogP contribution is 2.87. The molecule has 6 unspecified atom stereocenters. The largest absolute Gasteiger partial charge is 0.461 e. The first-order chi connectivity index (χ1) is 17.8. The molecule has 0 heterocycles. The van der Waals surface area contributed by atoms with Gasteiger partial charge in [0, 0.05) is 13.8 Å². The molecule has 0 aromatic heterocycles. The van der Waals surface area contributed by atoms with Gasteiger partial charge in [-0.25, -0.2) is 0 Å². The van der Waals surface area contributed by atoms with Gasteiger partial charge in [0.2, 0.25) is 0 Å². The van der Waals surface area contributed by atoms with E-state index in [1.807, 2.05) is 6.92 Å². The fourth-order valence-electron chi connectivity index (χ4n) is 9.26. The van der Waals surface area contributed by atoms with E-state index in [4.69, 9.17) is 9.47 Å². The molecular weight excluding hydrogens is 472 g/mol. The van der Waals surface area contributed by atoms with Crippen molar-refractivity contribution >= 4 is 11.9 Å². The lowest BCUT2D eigenvalue weighted by Crippen LogP contribution is -2.26. The summed E-state index contributed by atoms with van der Waals surface area (Å²) in [5, 5.41) is 0. The Kier molecular flexibility index (Phi) is 8.41. The highest BCUT2D eigenvalue weighted by atomic mass is 16.5. The Labute approximate surface area is 231 Å². The Morgan fingerprint density at radius 2 is 1.34 bits per heavy atom. The highest BCUT2D eigenvalue weighted by Gasteiger charge is 2.80. The zero-order valence-corrected chi connectivity index (χ0v) is 25.2. The van der Waals surface area contributed by atoms with Gasteiger partial charge in [0.25, 0.3) is 0 Å². The Hall–Kier alpha value is -1.84. The van der Waals surface area contributed by atoms with Gasteiger partial charge in [-0.1, -0.05) is 45.1 Å². The zero-order chi connectivity index (χ0) is 27.9. The summed E-state index contributed by atoms with van der Waals surface area (Å²) in [6, 6.07) is 0. The van der Waals surface area contributed by atoms with Gasteiger partial charge >= 0.3 is 11.9 Å². The third-order valence-electron chi connectivity index (χ3n) is 12.0. The number of carbonyl (C=O) groups excluding carboxylic acids is 2. The molecule has 6 rings (SSSR count). The normalized spacial score (nSPS) is 40.2. The van der Waals surface area contributed by atoms with Crippen LogP contribution in [0.3, 0.4) is 0 Å². The lowest BCUT2D eigenvalue weighted by molar-refractivity contribution is -0.140. The molecule has 6 saturated carbocycles. The molecule has 6 fully saturated rings. The molecule has 0 saturated heterocycles. The van der Waals surface area contributed by atoms with Crippen molar-refractivity contribution in [3.05, 3.63) is 35.5 Å². The van der Waals surface area contributed by atoms with Crippen LogP contribution >= 0.6 is 0 Å². The predicted molar refractivity (Wildman–Crippen MR) is 153 cm³/mol. The monoisotopic (exact) mass is 524 g/mol. The van der Waals surface area contributed by atoms with Crippen LogP contribution in [0, 0.1) is 45.8 Å². The Balaban J connectivity index is 0.000000177. The average Bonchev–Trinajstić information content (AvgIpc) is 3.43. The molecule has 4 heteroatoms. The second-order valence-corrected chi connectivity index (χ2v) is 14.0.